The molecule has 5 nitrogen and oxygen atoms in total. The molecule has 1 heterocycles. The van der Waals surface area contributed by atoms with Crippen LogP contribution in [0.1, 0.15) is 30.5 Å². The zero-order chi connectivity index (χ0) is 16.9. The smallest absolute Gasteiger partial charge is 0.224 e. The van der Waals surface area contributed by atoms with Crippen molar-refractivity contribution in [3.05, 3.63) is 53.6 Å². The third-order valence-electron chi connectivity index (χ3n) is 4.06. The van der Waals surface area contributed by atoms with Crippen LogP contribution >= 0.6 is 0 Å². The van der Waals surface area contributed by atoms with Gasteiger partial charge >= 0.3 is 0 Å². The molecule has 1 atom stereocenters. The van der Waals surface area contributed by atoms with Gasteiger partial charge in [-0.25, -0.2) is 0 Å². The molecule has 0 aliphatic carbocycles. The van der Waals surface area contributed by atoms with Gasteiger partial charge < -0.3 is 20.5 Å². The molecule has 2 aromatic rings. The number of carbonyl (C=O) groups excluding carboxylic acids is 1. The zero-order valence-corrected chi connectivity index (χ0v) is 13.7. The fraction of sp³-hybridized carbons (Fsp3) is 0.316. The highest BCUT2D eigenvalue weighted by Crippen LogP contribution is 2.33. The van der Waals surface area contributed by atoms with Crippen molar-refractivity contribution >= 4 is 11.6 Å². The van der Waals surface area contributed by atoms with E-state index in [0.29, 0.717) is 25.3 Å². The Balaban J connectivity index is 1.67. The largest absolute Gasteiger partial charge is 0.486 e. The number of nitrogens with two attached hydrogens (primary N) is 1. The van der Waals surface area contributed by atoms with E-state index < -0.39 is 0 Å². The monoisotopic (exact) mass is 326 g/mol. The van der Waals surface area contributed by atoms with Crippen molar-refractivity contribution in [2.24, 2.45) is 0 Å². The minimum absolute atomic E-state index is 0.0125. The first-order chi connectivity index (χ1) is 11.7. The summed E-state index contributed by atoms with van der Waals surface area (Å²) in [5, 5.41) is 3.09. The van der Waals surface area contributed by atoms with Gasteiger partial charge in [-0.15, -0.1) is 0 Å². The number of amides is 1. The SMILES string of the molecule is CCC(NC(=O)Cc1ccc(N)cc1)c1ccc2c(c1)OCCO2. The number of rotatable bonds is 5. The number of anilines is 1. The topological polar surface area (TPSA) is 73.6 Å². The van der Waals surface area contributed by atoms with E-state index in [1.54, 1.807) is 12.1 Å². The minimum atomic E-state index is -0.0536. The second kappa shape index (κ2) is 7.25. The Morgan fingerprint density at radius 1 is 1.12 bits per heavy atom. The van der Waals surface area contributed by atoms with Crippen LogP contribution in [-0.2, 0) is 11.2 Å². The third-order valence-corrected chi connectivity index (χ3v) is 4.06. The molecule has 0 fully saturated rings. The molecule has 0 saturated carbocycles. The van der Waals surface area contributed by atoms with E-state index in [4.69, 9.17) is 15.2 Å². The van der Waals surface area contributed by atoms with E-state index in [2.05, 4.69) is 5.32 Å². The standard InChI is InChI=1S/C19H22N2O3/c1-2-16(14-5-8-17-18(12-14)24-10-9-23-17)21-19(22)11-13-3-6-15(20)7-4-13/h3-8,12,16H,2,9-11,20H2,1H3,(H,21,22). The Morgan fingerprint density at radius 2 is 1.83 bits per heavy atom. The van der Waals surface area contributed by atoms with E-state index in [9.17, 15) is 4.79 Å². The molecule has 5 heteroatoms. The maximum absolute atomic E-state index is 12.3. The second-order valence-corrected chi connectivity index (χ2v) is 5.85. The first kappa shape index (κ1) is 16.2. The van der Waals surface area contributed by atoms with Crippen molar-refractivity contribution < 1.29 is 14.3 Å². The molecule has 3 N–H and O–H groups in total. The summed E-state index contributed by atoms with van der Waals surface area (Å²) in [7, 11) is 0. The Hall–Kier alpha value is -2.69. The number of nitrogens with one attached hydrogen (secondary N) is 1. The molecule has 0 saturated heterocycles. The van der Waals surface area contributed by atoms with Crippen molar-refractivity contribution in [3.8, 4) is 11.5 Å². The van der Waals surface area contributed by atoms with Gasteiger partial charge in [-0.1, -0.05) is 25.1 Å². The molecule has 1 aliphatic rings. The van der Waals surface area contributed by atoms with E-state index in [1.165, 1.54) is 0 Å². The maximum atomic E-state index is 12.3. The molecule has 126 valence electrons. The Morgan fingerprint density at radius 3 is 2.54 bits per heavy atom. The highest BCUT2D eigenvalue weighted by molar-refractivity contribution is 5.79. The Labute approximate surface area is 141 Å². The van der Waals surface area contributed by atoms with Crippen LogP contribution in [0, 0.1) is 0 Å². The highest BCUT2D eigenvalue weighted by atomic mass is 16.6. The predicted molar refractivity (Wildman–Crippen MR) is 93.2 cm³/mol. The van der Waals surface area contributed by atoms with E-state index in [0.717, 1.165) is 29.0 Å². The molecule has 1 aliphatic heterocycles. The van der Waals surface area contributed by atoms with Crippen molar-refractivity contribution in [2.45, 2.75) is 25.8 Å². The summed E-state index contributed by atoms with van der Waals surface area (Å²) in [5.41, 5.74) is 8.33. The number of hydrogen-bond donors (Lipinski definition) is 2. The summed E-state index contributed by atoms with van der Waals surface area (Å²) in [6.07, 6.45) is 1.13. The summed E-state index contributed by atoms with van der Waals surface area (Å²) in [6.45, 7) is 3.17. The van der Waals surface area contributed by atoms with Crippen molar-refractivity contribution in [1.29, 1.82) is 0 Å². The number of fused-ring (bicyclic) bond motifs is 1. The van der Waals surface area contributed by atoms with Gasteiger partial charge in [-0.05, 0) is 41.8 Å². The normalized spacial score (nSPS) is 14.0. The van der Waals surface area contributed by atoms with E-state index >= 15 is 0 Å². The van der Waals surface area contributed by atoms with Crippen LogP contribution in [0.25, 0.3) is 0 Å². The predicted octanol–water partition coefficient (Wildman–Crippen LogP) is 2.85. The van der Waals surface area contributed by atoms with Gasteiger partial charge in [-0.3, -0.25) is 4.79 Å². The molecule has 0 aromatic heterocycles. The number of ether oxygens (including phenoxy) is 2. The molecular weight excluding hydrogens is 304 g/mol. The van der Waals surface area contributed by atoms with Gasteiger partial charge in [-0.2, -0.15) is 0 Å². The quantitative estimate of drug-likeness (QED) is 0.829. The lowest BCUT2D eigenvalue weighted by Gasteiger charge is -2.22. The molecule has 3 rings (SSSR count). The Kier molecular flexibility index (Phi) is 4.89. The van der Waals surface area contributed by atoms with Gasteiger partial charge in [0.05, 0.1) is 12.5 Å². The van der Waals surface area contributed by atoms with Crippen molar-refractivity contribution in [2.75, 3.05) is 18.9 Å². The number of nitrogen functional groups attached to an aromatic ring is 1. The highest BCUT2D eigenvalue weighted by Gasteiger charge is 2.17. The van der Waals surface area contributed by atoms with Gasteiger partial charge in [0.25, 0.3) is 0 Å². The average molecular weight is 326 g/mol. The molecule has 2 aromatic carbocycles. The van der Waals surface area contributed by atoms with Crippen LogP contribution in [0.4, 0.5) is 5.69 Å². The molecule has 0 radical (unpaired) electrons. The van der Waals surface area contributed by atoms with Crippen LogP contribution in [0.5, 0.6) is 11.5 Å². The number of carbonyl (C=O) groups is 1. The lowest BCUT2D eigenvalue weighted by molar-refractivity contribution is -0.121. The first-order valence-electron chi connectivity index (χ1n) is 8.19. The summed E-state index contributed by atoms with van der Waals surface area (Å²) < 4.78 is 11.2. The number of hydrogen-bond acceptors (Lipinski definition) is 4. The molecule has 1 unspecified atom stereocenters. The van der Waals surface area contributed by atoms with Gasteiger partial charge in [0.15, 0.2) is 11.5 Å². The lowest BCUT2D eigenvalue weighted by Crippen LogP contribution is -2.29. The molecular formula is C19H22N2O3. The summed E-state index contributed by atoms with van der Waals surface area (Å²) in [4.78, 5) is 12.3. The van der Waals surface area contributed by atoms with Crippen molar-refractivity contribution in [1.82, 2.24) is 5.32 Å². The molecule has 24 heavy (non-hydrogen) atoms. The first-order valence-corrected chi connectivity index (χ1v) is 8.19. The Bertz CT molecular complexity index is 713. The lowest BCUT2D eigenvalue weighted by atomic mass is 10.0. The zero-order valence-electron chi connectivity index (χ0n) is 13.7. The second-order valence-electron chi connectivity index (χ2n) is 5.85. The van der Waals surface area contributed by atoms with Crippen LogP contribution in [-0.4, -0.2) is 19.1 Å². The van der Waals surface area contributed by atoms with Gasteiger partial charge in [0.1, 0.15) is 13.2 Å². The summed E-state index contributed by atoms with van der Waals surface area (Å²) >= 11 is 0. The van der Waals surface area contributed by atoms with Crippen LogP contribution < -0.4 is 20.5 Å². The molecule has 1 amide bonds. The van der Waals surface area contributed by atoms with Crippen LogP contribution in [0.3, 0.4) is 0 Å². The number of benzene rings is 2. The average Bonchev–Trinajstić information content (AvgIpc) is 2.61. The fourth-order valence-corrected chi connectivity index (χ4v) is 2.76. The van der Waals surface area contributed by atoms with Crippen LogP contribution in [0.15, 0.2) is 42.5 Å². The maximum Gasteiger partial charge on any atom is 0.224 e. The van der Waals surface area contributed by atoms with Crippen LogP contribution in [0.2, 0.25) is 0 Å². The summed E-state index contributed by atoms with van der Waals surface area (Å²) in [6, 6.07) is 13.1. The van der Waals surface area contributed by atoms with E-state index in [-0.39, 0.29) is 11.9 Å². The third kappa shape index (κ3) is 3.79. The minimum Gasteiger partial charge on any atom is -0.486 e. The van der Waals surface area contributed by atoms with Gasteiger partial charge in [0, 0.05) is 5.69 Å². The molecule has 0 spiro atoms. The fourth-order valence-electron chi connectivity index (χ4n) is 2.76. The van der Waals surface area contributed by atoms with E-state index in [1.807, 2.05) is 37.3 Å². The van der Waals surface area contributed by atoms with Gasteiger partial charge in [0.2, 0.25) is 5.91 Å². The molecule has 0 bridgehead atoms. The van der Waals surface area contributed by atoms with Crippen molar-refractivity contribution in [3.63, 3.8) is 0 Å². The summed E-state index contributed by atoms with van der Waals surface area (Å²) in [5.74, 6) is 1.49.